The summed E-state index contributed by atoms with van der Waals surface area (Å²) in [5.41, 5.74) is 6.54. The highest BCUT2D eigenvalue weighted by Gasteiger charge is 2.27. The zero-order valence-corrected chi connectivity index (χ0v) is 12.6. The van der Waals surface area contributed by atoms with Crippen LogP contribution in [0.1, 0.15) is 0 Å². The first-order chi connectivity index (χ1) is 9.60. The maximum atomic E-state index is 12.8. The minimum absolute atomic E-state index is 0.356. The van der Waals surface area contributed by atoms with E-state index < -0.39 is 10.0 Å². The summed E-state index contributed by atoms with van der Waals surface area (Å²) in [6, 6.07) is 10.7. The molecule has 0 radical (unpaired) electrons. The molecule has 1 heterocycles. The van der Waals surface area contributed by atoms with E-state index in [0.717, 1.165) is 16.9 Å². The highest BCUT2D eigenvalue weighted by molar-refractivity contribution is 7.99. The Balaban J connectivity index is 2.16. The van der Waals surface area contributed by atoms with Gasteiger partial charge in [-0.1, -0.05) is 24.3 Å². The molecule has 106 valence electrons. The number of hydrogen-bond donors (Lipinski definition) is 1. The number of anilines is 1. The normalized spacial score (nSPS) is 17.4. The first-order valence-electron chi connectivity index (χ1n) is 6.46. The predicted molar refractivity (Wildman–Crippen MR) is 84.4 cm³/mol. The van der Waals surface area contributed by atoms with E-state index in [0.29, 0.717) is 29.1 Å². The molecule has 2 aromatic carbocycles. The average molecular weight is 308 g/mol. The van der Waals surface area contributed by atoms with Gasteiger partial charge in [-0.15, -0.1) is 0 Å². The number of nitrogen functional groups attached to an aromatic ring is 1. The highest BCUT2D eigenvalue weighted by atomic mass is 32.2. The number of fused-ring (bicyclic) bond motifs is 1. The first kappa shape index (κ1) is 13.7. The number of sulfonamides is 1. The van der Waals surface area contributed by atoms with Gasteiger partial charge in [-0.2, -0.15) is 16.1 Å². The van der Waals surface area contributed by atoms with Crippen LogP contribution in [0, 0.1) is 0 Å². The summed E-state index contributed by atoms with van der Waals surface area (Å²) < 4.78 is 27.1. The van der Waals surface area contributed by atoms with Crippen LogP contribution >= 0.6 is 11.8 Å². The Kier molecular flexibility index (Phi) is 3.62. The number of benzene rings is 2. The lowest BCUT2D eigenvalue weighted by Crippen LogP contribution is -2.37. The number of thioether (sulfide) groups is 1. The summed E-state index contributed by atoms with van der Waals surface area (Å²) in [5, 5.41) is 1.49. The van der Waals surface area contributed by atoms with Crippen LogP contribution in [0.25, 0.3) is 10.8 Å². The van der Waals surface area contributed by atoms with Crippen molar-refractivity contribution in [2.45, 2.75) is 4.90 Å². The SMILES string of the molecule is Nc1ccc(S(=O)(=O)N2CCSCC2)c2ccccc12. The molecule has 20 heavy (non-hydrogen) atoms. The largest absolute Gasteiger partial charge is 0.398 e. The second-order valence-corrected chi connectivity index (χ2v) is 7.85. The molecule has 3 rings (SSSR count). The van der Waals surface area contributed by atoms with Gasteiger partial charge in [0, 0.05) is 41.1 Å². The van der Waals surface area contributed by atoms with Gasteiger partial charge in [-0.3, -0.25) is 0 Å². The first-order valence-corrected chi connectivity index (χ1v) is 9.05. The second kappa shape index (κ2) is 5.27. The van der Waals surface area contributed by atoms with Crippen LogP contribution in [-0.4, -0.2) is 37.3 Å². The fraction of sp³-hybridized carbons (Fsp3) is 0.286. The van der Waals surface area contributed by atoms with Crippen LogP contribution in [0.15, 0.2) is 41.3 Å². The summed E-state index contributed by atoms with van der Waals surface area (Å²) in [6.45, 7) is 1.15. The monoisotopic (exact) mass is 308 g/mol. The van der Waals surface area contributed by atoms with Crippen LogP contribution in [0.4, 0.5) is 5.69 Å². The molecule has 0 bridgehead atoms. The van der Waals surface area contributed by atoms with Gasteiger partial charge in [-0.05, 0) is 12.1 Å². The maximum absolute atomic E-state index is 12.8. The van der Waals surface area contributed by atoms with Crippen molar-refractivity contribution >= 4 is 38.2 Å². The summed E-state index contributed by atoms with van der Waals surface area (Å²) in [4.78, 5) is 0.356. The molecule has 6 heteroatoms. The van der Waals surface area contributed by atoms with Crippen molar-refractivity contribution in [3.8, 4) is 0 Å². The summed E-state index contributed by atoms with van der Waals surface area (Å²) in [5.74, 6) is 1.71. The van der Waals surface area contributed by atoms with Crippen molar-refractivity contribution in [1.82, 2.24) is 4.31 Å². The quantitative estimate of drug-likeness (QED) is 0.864. The Morgan fingerprint density at radius 3 is 2.35 bits per heavy atom. The number of rotatable bonds is 2. The predicted octanol–water partition coefficient (Wildman–Crippen LogP) is 2.16. The molecule has 1 aliphatic heterocycles. The highest BCUT2D eigenvalue weighted by Crippen LogP contribution is 2.30. The summed E-state index contributed by atoms with van der Waals surface area (Å²) in [7, 11) is -3.44. The van der Waals surface area contributed by atoms with E-state index in [1.54, 1.807) is 28.2 Å². The van der Waals surface area contributed by atoms with E-state index in [9.17, 15) is 8.42 Å². The van der Waals surface area contributed by atoms with Gasteiger partial charge in [0.25, 0.3) is 0 Å². The lowest BCUT2D eigenvalue weighted by Gasteiger charge is -2.26. The molecular formula is C14H16N2O2S2. The van der Waals surface area contributed by atoms with Crippen LogP contribution in [0.5, 0.6) is 0 Å². The van der Waals surface area contributed by atoms with Gasteiger partial charge >= 0.3 is 0 Å². The lowest BCUT2D eigenvalue weighted by atomic mass is 10.1. The zero-order chi connectivity index (χ0) is 14.2. The van der Waals surface area contributed by atoms with Gasteiger partial charge in [0.05, 0.1) is 4.90 Å². The smallest absolute Gasteiger partial charge is 0.243 e. The molecule has 1 saturated heterocycles. The Labute approximate surface area is 123 Å². The van der Waals surface area contributed by atoms with E-state index >= 15 is 0 Å². The van der Waals surface area contributed by atoms with Gasteiger partial charge < -0.3 is 5.73 Å². The molecule has 0 amide bonds. The molecular weight excluding hydrogens is 292 g/mol. The van der Waals surface area contributed by atoms with Crippen molar-refractivity contribution in [2.75, 3.05) is 30.3 Å². The van der Waals surface area contributed by atoms with E-state index in [2.05, 4.69) is 0 Å². The van der Waals surface area contributed by atoms with Crippen molar-refractivity contribution in [3.63, 3.8) is 0 Å². The van der Waals surface area contributed by atoms with E-state index in [1.165, 1.54) is 0 Å². The van der Waals surface area contributed by atoms with Gasteiger partial charge in [0.1, 0.15) is 0 Å². The molecule has 4 nitrogen and oxygen atoms in total. The second-order valence-electron chi connectivity index (χ2n) is 4.71. The summed E-state index contributed by atoms with van der Waals surface area (Å²) >= 11 is 1.79. The van der Waals surface area contributed by atoms with Crippen molar-refractivity contribution < 1.29 is 8.42 Å². The average Bonchev–Trinajstić information content (AvgIpc) is 2.48. The molecule has 0 saturated carbocycles. The Bertz CT molecular complexity index is 738. The van der Waals surface area contributed by atoms with E-state index in [-0.39, 0.29) is 0 Å². The topological polar surface area (TPSA) is 63.4 Å². The lowest BCUT2D eigenvalue weighted by molar-refractivity contribution is 0.444. The minimum Gasteiger partial charge on any atom is -0.398 e. The van der Waals surface area contributed by atoms with Gasteiger partial charge in [0.15, 0.2) is 0 Å². The Morgan fingerprint density at radius 2 is 1.65 bits per heavy atom. The molecule has 0 aromatic heterocycles. The fourth-order valence-electron chi connectivity index (χ4n) is 2.45. The number of hydrogen-bond acceptors (Lipinski definition) is 4. The fourth-order valence-corrected chi connectivity index (χ4v) is 5.22. The molecule has 0 spiro atoms. The van der Waals surface area contributed by atoms with Crippen LogP contribution in [0.3, 0.4) is 0 Å². The molecule has 2 aromatic rings. The van der Waals surface area contributed by atoms with Crippen LogP contribution in [-0.2, 0) is 10.0 Å². The van der Waals surface area contributed by atoms with Crippen molar-refractivity contribution in [2.24, 2.45) is 0 Å². The zero-order valence-electron chi connectivity index (χ0n) is 11.0. The molecule has 0 unspecified atom stereocenters. The maximum Gasteiger partial charge on any atom is 0.243 e. The minimum atomic E-state index is -3.44. The molecule has 0 aliphatic carbocycles. The number of nitrogens with zero attached hydrogens (tertiary/aromatic N) is 1. The Morgan fingerprint density at radius 1 is 1.00 bits per heavy atom. The standard InChI is InChI=1S/C14H16N2O2S2/c15-13-5-6-14(12-4-2-1-3-11(12)13)20(17,18)16-7-9-19-10-8-16/h1-6H,7-10,15H2. The third kappa shape index (κ3) is 2.28. The van der Waals surface area contributed by atoms with Crippen molar-refractivity contribution in [1.29, 1.82) is 0 Å². The van der Waals surface area contributed by atoms with Crippen LogP contribution < -0.4 is 5.73 Å². The molecule has 1 fully saturated rings. The van der Waals surface area contributed by atoms with E-state index in [1.807, 2.05) is 24.3 Å². The van der Waals surface area contributed by atoms with E-state index in [4.69, 9.17) is 5.73 Å². The molecule has 0 atom stereocenters. The molecule has 2 N–H and O–H groups in total. The van der Waals surface area contributed by atoms with Crippen LogP contribution in [0.2, 0.25) is 0 Å². The Hall–Kier alpha value is -1.24. The van der Waals surface area contributed by atoms with Gasteiger partial charge in [0.2, 0.25) is 10.0 Å². The van der Waals surface area contributed by atoms with Gasteiger partial charge in [-0.25, -0.2) is 8.42 Å². The van der Waals surface area contributed by atoms with Crippen molar-refractivity contribution in [3.05, 3.63) is 36.4 Å². The number of nitrogens with two attached hydrogens (primary N) is 1. The third-order valence-electron chi connectivity index (χ3n) is 3.51. The molecule has 1 aliphatic rings. The summed E-state index contributed by atoms with van der Waals surface area (Å²) in [6.07, 6.45) is 0. The third-order valence-corrected chi connectivity index (χ3v) is 6.40.